The standard InChI is InChI=1S/C9H20N2O2/c1-7(4-3-5-10)9(13)11-6-8(2)12/h7-8,12H,3-6,10H2,1-2H3,(H,11,13)/t7?,8-/m1/s1. The molecule has 2 atom stereocenters. The van der Waals surface area contributed by atoms with Crippen LogP contribution < -0.4 is 11.1 Å². The molecule has 0 saturated heterocycles. The van der Waals surface area contributed by atoms with Crippen LogP contribution in [0, 0.1) is 5.92 Å². The summed E-state index contributed by atoms with van der Waals surface area (Å²) in [6.07, 6.45) is 1.19. The molecule has 0 spiro atoms. The minimum absolute atomic E-state index is 0.00523. The molecule has 0 radical (unpaired) electrons. The highest BCUT2D eigenvalue weighted by Gasteiger charge is 2.11. The van der Waals surface area contributed by atoms with Gasteiger partial charge in [0, 0.05) is 12.5 Å². The van der Waals surface area contributed by atoms with Gasteiger partial charge in [-0.2, -0.15) is 0 Å². The van der Waals surface area contributed by atoms with Gasteiger partial charge in [-0.1, -0.05) is 6.92 Å². The van der Waals surface area contributed by atoms with Crippen molar-refractivity contribution in [3.8, 4) is 0 Å². The first-order valence-corrected chi connectivity index (χ1v) is 4.73. The number of amides is 1. The second kappa shape index (κ2) is 6.86. The monoisotopic (exact) mass is 188 g/mol. The van der Waals surface area contributed by atoms with Crippen molar-refractivity contribution in [3.05, 3.63) is 0 Å². The fraction of sp³-hybridized carbons (Fsp3) is 0.889. The SMILES string of the molecule is CC(CCCN)C(=O)NC[C@@H](C)O. The molecule has 0 rings (SSSR count). The predicted octanol–water partition coefficient (Wildman–Crippen LogP) is -0.142. The van der Waals surface area contributed by atoms with Crippen LogP contribution in [0.25, 0.3) is 0 Å². The molecule has 0 aliphatic heterocycles. The maximum Gasteiger partial charge on any atom is 0.222 e. The minimum atomic E-state index is -0.481. The zero-order valence-electron chi connectivity index (χ0n) is 8.42. The van der Waals surface area contributed by atoms with Gasteiger partial charge in [-0.25, -0.2) is 0 Å². The number of rotatable bonds is 6. The quantitative estimate of drug-likeness (QED) is 0.543. The van der Waals surface area contributed by atoms with E-state index in [9.17, 15) is 4.79 Å². The average Bonchev–Trinajstić information content (AvgIpc) is 2.10. The molecule has 1 amide bonds. The number of carbonyl (C=O) groups excluding carboxylic acids is 1. The summed E-state index contributed by atoms with van der Waals surface area (Å²) < 4.78 is 0. The topological polar surface area (TPSA) is 75.4 Å². The minimum Gasteiger partial charge on any atom is -0.392 e. The van der Waals surface area contributed by atoms with Gasteiger partial charge >= 0.3 is 0 Å². The fourth-order valence-corrected chi connectivity index (χ4v) is 0.978. The summed E-state index contributed by atoms with van der Waals surface area (Å²) in [6, 6.07) is 0. The van der Waals surface area contributed by atoms with Crippen molar-refractivity contribution >= 4 is 5.91 Å². The first kappa shape index (κ1) is 12.4. The van der Waals surface area contributed by atoms with Crippen molar-refractivity contribution in [2.75, 3.05) is 13.1 Å². The molecule has 0 aromatic rings. The van der Waals surface area contributed by atoms with Crippen LogP contribution in [-0.2, 0) is 4.79 Å². The fourth-order valence-electron chi connectivity index (χ4n) is 0.978. The molecule has 13 heavy (non-hydrogen) atoms. The molecule has 0 bridgehead atoms. The molecule has 4 nitrogen and oxygen atoms in total. The van der Waals surface area contributed by atoms with Gasteiger partial charge in [-0.3, -0.25) is 4.79 Å². The highest BCUT2D eigenvalue weighted by Crippen LogP contribution is 2.03. The van der Waals surface area contributed by atoms with E-state index in [4.69, 9.17) is 10.8 Å². The third kappa shape index (κ3) is 6.54. The van der Waals surface area contributed by atoms with Crippen LogP contribution in [0.4, 0.5) is 0 Å². The number of nitrogens with two attached hydrogens (primary N) is 1. The van der Waals surface area contributed by atoms with Gasteiger partial charge < -0.3 is 16.2 Å². The lowest BCUT2D eigenvalue weighted by atomic mass is 10.1. The molecule has 0 aliphatic rings. The molecular weight excluding hydrogens is 168 g/mol. The zero-order chi connectivity index (χ0) is 10.3. The lowest BCUT2D eigenvalue weighted by Gasteiger charge is -2.12. The summed E-state index contributed by atoms with van der Waals surface area (Å²) in [4.78, 5) is 11.3. The van der Waals surface area contributed by atoms with E-state index in [1.54, 1.807) is 6.92 Å². The Labute approximate surface area is 79.5 Å². The molecule has 0 saturated carbocycles. The van der Waals surface area contributed by atoms with E-state index in [1.165, 1.54) is 0 Å². The van der Waals surface area contributed by atoms with Crippen molar-refractivity contribution in [1.29, 1.82) is 0 Å². The van der Waals surface area contributed by atoms with Gasteiger partial charge in [0.15, 0.2) is 0 Å². The van der Waals surface area contributed by atoms with Crippen LogP contribution in [0.1, 0.15) is 26.7 Å². The molecule has 4 heteroatoms. The molecule has 0 aliphatic carbocycles. The van der Waals surface area contributed by atoms with Crippen LogP contribution >= 0.6 is 0 Å². The van der Waals surface area contributed by atoms with E-state index in [-0.39, 0.29) is 11.8 Å². The van der Waals surface area contributed by atoms with Crippen molar-refractivity contribution in [3.63, 3.8) is 0 Å². The Bertz CT molecular complexity index is 149. The molecule has 0 aromatic heterocycles. The van der Waals surface area contributed by atoms with Crippen LogP contribution in [0.2, 0.25) is 0 Å². The third-order valence-corrected chi connectivity index (χ3v) is 1.86. The summed E-state index contributed by atoms with van der Waals surface area (Å²) in [5.74, 6) is -0.0170. The van der Waals surface area contributed by atoms with E-state index >= 15 is 0 Å². The first-order valence-electron chi connectivity index (χ1n) is 4.73. The van der Waals surface area contributed by atoms with Gasteiger partial charge in [-0.15, -0.1) is 0 Å². The zero-order valence-corrected chi connectivity index (χ0v) is 8.42. The Morgan fingerprint density at radius 2 is 2.15 bits per heavy atom. The molecule has 0 heterocycles. The summed E-state index contributed by atoms with van der Waals surface area (Å²) >= 11 is 0. The Morgan fingerprint density at radius 1 is 1.54 bits per heavy atom. The Balaban J connectivity index is 3.57. The number of hydrogen-bond donors (Lipinski definition) is 3. The van der Waals surface area contributed by atoms with E-state index < -0.39 is 6.10 Å². The van der Waals surface area contributed by atoms with Crippen LogP contribution in [0.5, 0.6) is 0 Å². The molecule has 1 unspecified atom stereocenters. The summed E-state index contributed by atoms with van der Waals surface area (Å²) in [5, 5.41) is 11.6. The molecule has 78 valence electrons. The smallest absolute Gasteiger partial charge is 0.222 e. The molecule has 4 N–H and O–H groups in total. The lowest BCUT2D eigenvalue weighted by Crippen LogP contribution is -2.34. The highest BCUT2D eigenvalue weighted by molar-refractivity contribution is 5.78. The second-order valence-electron chi connectivity index (χ2n) is 3.43. The number of carbonyl (C=O) groups is 1. The van der Waals surface area contributed by atoms with Gasteiger partial charge in [0.05, 0.1) is 6.10 Å². The van der Waals surface area contributed by atoms with Gasteiger partial charge in [0.2, 0.25) is 5.91 Å². The predicted molar refractivity (Wildman–Crippen MR) is 52.1 cm³/mol. The Hall–Kier alpha value is -0.610. The lowest BCUT2D eigenvalue weighted by molar-refractivity contribution is -0.125. The largest absolute Gasteiger partial charge is 0.392 e. The first-order chi connectivity index (χ1) is 6.07. The molecular formula is C9H20N2O2. The average molecular weight is 188 g/mol. The van der Waals surface area contributed by atoms with Crippen LogP contribution in [0.3, 0.4) is 0 Å². The molecule has 0 aromatic carbocycles. The third-order valence-electron chi connectivity index (χ3n) is 1.86. The summed E-state index contributed by atoms with van der Waals surface area (Å²) in [6.45, 7) is 4.46. The number of hydrogen-bond acceptors (Lipinski definition) is 3. The van der Waals surface area contributed by atoms with Crippen molar-refractivity contribution in [2.45, 2.75) is 32.8 Å². The number of aliphatic hydroxyl groups excluding tert-OH is 1. The van der Waals surface area contributed by atoms with Gasteiger partial charge in [-0.05, 0) is 26.3 Å². The van der Waals surface area contributed by atoms with E-state index in [0.717, 1.165) is 12.8 Å². The van der Waals surface area contributed by atoms with Crippen LogP contribution in [-0.4, -0.2) is 30.2 Å². The van der Waals surface area contributed by atoms with Crippen molar-refractivity contribution in [2.24, 2.45) is 11.7 Å². The van der Waals surface area contributed by atoms with Crippen molar-refractivity contribution in [1.82, 2.24) is 5.32 Å². The Morgan fingerprint density at radius 3 is 2.62 bits per heavy atom. The number of aliphatic hydroxyl groups is 1. The van der Waals surface area contributed by atoms with E-state index in [2.05, 4.69) is 5.32 Å². The Kier molecular flexibility index (Phi) is 6.54. The van der Waals surface area contributed by atoms with Crippen LogP contribution in [0.15, 0.2) is 0 Å². The number of nitrogens with one attached hydrogen (secondary N) is 1. The highest BCUT2D eigenvalue weighted by atomic mass is 16.3. The normalized spacial score (nSPS) is 15.1. The maximum atomic E-state index is 11.3. The van der Waals surface area contributed by atoms with Gasteiger partial charge in [0.1, 0.15) is 0 Å². The van der Waals surface area contributed by atoms with Crippen molar-refractivity contribution < 1.29 is 9.90 Å². The second-order valence-corrected chi connectivity index (χ2v) is 3.43. The maximum absolute atomic E-state index is 11.3. The molecule has 0 fully saturated rings. The summed E-state index contributed by atoms with van der Waals surface area (Å²) in [5.41, 5.74) is 5.33. The summed E-state index contributed by atoms with van der Waals surface area (Å²) in [7, 11) is 0. The van der Waals surface area contributed by atoms with E-state index in [1.807, 2.05) is 6.92 Å². The van der Waals surface area contributed by atoms with E-state index in [0.29, 0.717) is 13.1 Å². The van der Waals surface area contributed by atoms with Gasteiger partial charge in [0.25, 0.3) is 0 Å².